The van der Waals surface area contributed by atoms with E-state index in [0.717, 1.165) is 4.88 Å². The molecule has 0 unspecified atom stereocenters. The van der Waals surface area contributed by atoms with Crippen molar-refractivity contribution in [3.63, 3.8) is 0 Å². The van der Waals surface area contributed by atoms with Crippen molar-refractivity contribution in [3.05, 3.63) is 39.3 Å². The molecular formula is C11H10ClN3OS2. The van der Waals surface area contributed by atoms with Crippen LogP contribution in [0.5, 0.6) is 0 Å². The second-order valence-corrected chi connectivity index (χ2v) is 5.53. The molecule has 0 bridgehead atoms. The van der Waals surface area contributed by atoms with E-state index in [1.54, 1.807) is 11.3 Å². The molecule has 0 aliphatic heterocycles. The fourth-order valence-corrected chi connectivity index (χ4v) is 2.43. The summed E-state index contributed by atoms with van der Waals surface area (Å²) in [6.45, 7) is 0.478. The number of carbonyl (C=O) groups is 1. The Kier molecular flexibility index (Phi) is 4.57. The van der Waals surface area contributed by atoms with Crippen LogP contribution in [0.25, 0.3) is 0 Å². The van der Waals surface area contributed by atoms with Gasteiger partial charge in [-0.25, -0.2) is 9.97 Å². The number of nitrogens with one attached hydrogen (secondary N) is 1. The largest absolute Gasteiger partial charge is 0.346 e. The van der Waals surface area contributed by atoms with Crippen LogP contribution in [-0.4, -0.2) is 22.1 Å². The van der Waals surface area contributed by atoms with Crippen LogP contribution >= 0.6 is 34.7 Å². The highest BCUT2D eigenvalue weighted by atomic mass is 35.5. The molecule has 94 valence electrons. The molecule has 18 heavy (non-hydrogen) atoms. The lowest BCUT2D eigenvalue weighted by molar-refractivity contribution is 0.0945. The average Bonchev–Trinajstić information content (AvgIpc) is 2.89. The van der Waals surface area contributed by atoms with E-state index >= 15 is 0 Å². The van der Waals surface area contributed by atoms with Gasteiger partial charge in [-0.15, -0.1) is 11.3 Å². The van der Waals surface area contributed by atoms with Crippen LogP contribution in [0.4, 0.5) is 0 Å². The minimum absolute atomic E-state index is 0.215. The van der Waals surface area contributed by atoms with Gasteiger partial charge in [-0.1, -0.05) is 29.4 Å². The molecule has 2 heterocycles. The van der Waals surface area contributed by atoms with Gasteiger partial charge in [0.25, 0.3) is 5.91 Å². The van der Waals surface area contributed by atoms with E-state index in [4.69, 9.17) is 11.6 Å². The predicted octanol–water partition coefficient (Wildman–Crippen LogP) is 2.84. The summed E-state index contributed by atoms with van der Waals surface area (Å²) in [4.78, 5) is 21.1. The van der Waals surface area contributed by atoms with Crippen molar-refractivity contribution < 1.29 is 4.79 Å². The molecule has 0 aliphatic rings. The zero-order valence-corrected chi connectivity index (χ0v) is 11.9. The Balaban J connectivity index is 2.08. The number of thioether (sulfide) groups is 1. The van der Waals surface area contributed by atoms with E-state index in [1.165, 1.54) is 18.0 Å². The summed E-state index contributed by atoms with van der Waals surface area (Å²) < 4.78 is 0. The third-order valence-electron chi connectivity index (χ3n) is 2.12. The number of carbonyl (C=O) groups excluding carboxylic acids is 1. The first-order valence-corrected chi connectivity index (χ1v) is 7.56. The highest BCUT2D eigenvalue weighted by molar-refractivity contribution is 7.98. The minimum atomic E-state index is -0.286. The first-order valence-electron chi connectivity index (χ1n) is 5.08. The number of rotatable bonds is 4. The van der Waals surface area contributed by atoms with E-state index in [2.05, 4.69) is 15.3 Å². The second kappa shape index (κ2) is 6.17. The number of hydrogen-bond acceptors (Lipinski definition) is 5. The molecule has 0 aromatic carbocycles. The lowest BCUT2D eigenvalue weighted by Gasteiger charge is -2.05. The van der Waals surface area contributed by atoms with E-state index in [9.17, 15) is 4.79 Å². The van der Waals surface area contributed by atoms with E-state index in [-0.39, 0.29) is 16.6 Å². The third kappa shape index (κ3) is 3.22. The van der Waals surface area contributed by atoms with Gasteiger partial charge in [-0.3, -0.25) is 4.79 Å². The highest BCUT2D eigenvalue weighted by Gasteiger charge is 2.13. The maximum Gasteiger partial charge on any atom is 0.271 e. The fourth-order valence-electron chi connectivity index (χ4n) is 1.27. The molecular weight excluding hydrogens is 290 g/mol. The summed E-state index contributed by atoms with van der Waals surface area (Å²) in [5, 5.41) is 5.53. The van der Waals surface area contributed by atoms with Crippen LogP contribution in [0.15, 0.2) is 28.9 Å². The van der Waals surface area contributed by atoms with Gasteiger partial charge in [0.05, 0.1) is 17.8 Å². The molecule has 0 saturated carbocycles. The first kappa shape index (κ1) is 13.3. The average molecular weight is 300 g/mol. The Bertz CT molecular complexity index is 545. The molecule has 1 amide bonds. The number of nitrogens with zero attached hydrogens (tertiary/aromatic N) is 2. The van der Waals surface area contributed by atoms with Crippen molar-refractivity contribution in [2.75, 3.05) is 6.26 Å². The zero-order valence-electron chi connectivity index (χ0n) is 9.51. The molecule has 0 spiro atoms. The van der Waals surface area contributed by atoms with Gasteiger partial charge in [0.15, 0.2) is 10.9 Å². The van der Waals surface area contributed by atoms with Crippen LogP contribution in [0.1, 0.15) is 15.4 Å². The van der Waals surface area contributed by atoms with Crippen LogP contribution < -0.4 is 5.32 Å². The summed E-state index contributed by atoms with van der Waals surface area (Å²) >= 11 is 8.87. The highest BCUT2D eigenvalue weighted by Crippen LogP contribution is 2.16. The summed E-state index contributed by atoms with van der Waals surface area (Å²) in [5.74, 6) is -0.286. The summed E-state index contributed by atoms with van der Waals surface area (Å²) in [7, 11) is 0. The smallest absolute Gasteiger partial charge is 0.271 e. The van der Waals surface area contributed by atoms with Crippen LogP contribution in [0.2, 0.25) is 5.02 Å². The lowest BCUT2D eigenvalue weighted by Crippen LogP contribution is -2.24. The minimum Gasteiger partial charge on any atom is -0.346 e. The van der Waals surface area contributed by atoms with Gasteiger partial charge < -0.3 is 5.32 Å². The Morgan fingerprint density at radius 1 is 1.61 bits per heavy atom. The van der Waals surface area contributed by atoms with Crippen molar-refractivity contribution in [3.8, 4) is 0 Å². The Morgan fingerprint density at radius 3 is 3.11 bits per heavy atom. The molecule has 2 rings (SSSR count). The van der Waals surface area contributed by atoms with Gasteiger partial charge in [0.2, 0.25) is 0 Å². The topological polar surface area (TPSA) is 54.9 Å². The normalized spacial score (nSPS) is 10.3. The third-order valence-corrected chi connectivity index (χ3v) is 3.84. The van der Waals surface area contributed by atoms with E-state index in [1.807, 2.05) is 23.8 Å². The summed E-state index contributed by atoms with van der Waals surface area (Å²) in [6, 6.07) is 3.90. The van der Waals surface area contributed by atoms with Gasteiger partial charge >= 0.3 is 0 Å². The molecule has 0 aliphatic carbocycles. The maximum atomic E-state index is 11.9. The Labute approximate surface area is 118 Å². The maximum absolute atomic E-state index is 11.9. The fraction of sp³-hybridized carbons (Fsp3) is 0.182. The molecule has 4 nitrogen and oxygen atoms in total. The number of halogens is 1. The SMILES string of the molecule is CSc1ncc(Cl)c(C(=O)NCc2cccs2)n1. The molecule has 2 aromatic rings. The van der Waals surface area contributed by atoms with Gasteiger partial charge in [-0.2, -0.15) is 0 Å². The van der Waals surface area contributed by atoms with Crippen LogP contribution in [-0.2, 0) is 6.54 Å². The summed E-state index contributed by atoms with van der Waals surface area (Å²) in [5.41, 5.74) is 0.215. The van der Waals surface area contributed by atoms with Crippen molar-refractivity contribution in [2.45, 2.75) is 11.7 Å². The van der Waals surface area contributed by atoms with Gasteiger partial charge in [0.1, 0.15) is 0 Å². The summed E-state index contributed by atoms with van der Waals surface area (Å²) in [6.07, 6.45) is 3.29. The van der Waals surface area contributed by atoms with Crippen molar-refractivity contribution in [1.29, 1.82) is 0 Å². The van der Waals surface area contributed by atoms with Crippen LogP contribution in [0.3, 0.4) is 0 Å². The van der Waals surface area contributed by atoms with Crippen molar-refractivity contribution in [1.82, 2.24) is 15.3 Å². The number of hydrogen-bond donors (Lipinski definition) is 1. The van der Waals surface area contributed by atoms with Gasteiger partial charge in [0, 0.05) is 4.88 Å². The monoisotopic (exact) mass is 299 g/mol. The molecule has 0 saturated heterocycles. The molecule has 1 N–H and O–H groups in total. The first-order chi connectivity index (χ1) is 8.70. The Hall–Kier alpha value is -1.11. The number of amides is 1. The van der Waals surface area contributed by atoms with Gasteiger partial charge in [-0.05, 0) is 17.7 Å². The Morgan fingerprint density at radius 2 is 2.44 bits per heavy atom. The zero-order chi connectivity index (χ0) is 13.0. The number of aromatic nitrogens is 2. The molecule has 7 heteroatoms. The van der Waals surface area contributed by atoms with Crippen LogP contribution in [0, 0.1) is 0 Å². The molecule has 0 fully saturated rings. The molecule has 2 aromatic heterocycles. The molecule has 0 radical (unpaired) electrons. The van der Waals surface area contributed by atoms with Crippen molar-refractivity contribution in [2.24, 2.45) is 0 Å². The van der Waals surface area contributed by atoms with E-state index in [0.29, 0.717) is 11.7 Å². The second-order valence-electron chi connectivity index (χ2n) is 3.32. The predicted molar refractivity (Wildman–Crippen MR) is 74.3 cm³/mol. The van der Waals surface area contributed by atoms with Crippen molar-refractivity contribution >= 4 is 40.6 Å². The quantitative estimate of drug-likeness (QED) is 0.697. The lowest BCUT2D eigenvalue weighted by atomic mass is 10.3. The number of thiophene rings is 1. The van der Waals surface area contributed by atoms with E-state index < -0.39 is 0 Å². The molecule has 0 atom stereocenters. The standard InChI is InChI=1S/C11H10ClN3OS2/c1-17-11-14-6-8(12)9(15-11)10(16)13-5-7-3-2-4-18-7/h2-4,6H,5H2,1H3,(H,13,16).